The highest BCUT2D eigenvalue weighted by Crippen LogP contribution is 2.24. The molecule has 0 aliphatic heterocycles. The molecule has 0 fully saturated rings. The molecule has 21 heavy (non-hydrogen) atoms. The minimum Gasteiger partial charge on any atom is -0.327 e. The minimum absolute atomic E-state index is 0.0843. The largest absolute Gasteiger partial charge is 0.327 e. The molecule has 0 aliphatic rings. The summed E-state index contributed by atoms with van der Waals surface area (Å²) in [6.45, 7) is 1.43. The normalized spacial score (nSPS) is 11.4. The first-order valence-electron chi connectivity index (χ1n) is 6.43. The maximum absolute atomic E-state index is 13.5. The number of halogens is 3. The van der Waals surface area contributed by atoms with E-state index in [-0.39, 0.29) is 10.9 Å². The molecule has 3 aromatic rings. The van der Waals surface area contributed by atoms with Crippen LogP contribution in [0.1, 0.15) is 12.2 Å². The second-order valence-electron chi connectivity index (χ2n) is 4.59. The van der Waals surface area contributed by atoms with E-state index in [4.69, 9.17) is 23.2 Å². The molecule has 5 nitrogen and oxygen atoms in total. The maximum Gasteiger partial charge on any atom is 0.144 e. The van der Waals surface area contributed by atoms with Gasteiger partial charge in [-0.25, -0.2) is 9.37 Å². The van der Waals surface area contributed by atoms with Crippen LogP contribution >= 0.6 is 23.2 Å². The third-order valence-electron chi connectivity index (χ3n) is 3.23. The van der Waals surface area contributed by atoms with E-state index in [1.165, 1.54) is 6.07 Å². The van der Waals surface area contributed by atoms with Crippen molar-refractivity contribution in [3.8, 4) is 0 Å². The zero-order valence-corrected chi connectivity index (χ0v) is 12.5. The number of aromatic nitrogens is 5. The van der Waals surface area contributed by atoms with E-state index in [2.05, 4.69) is 15.3 Å². The first kappa shape index (κ1) is 14.3. The molecule has 0 saturated carbocycles. The van der Waals surface area contributed by atoms with Crippen molar-refractivity contribution in [1.82, 2.24) is 24.5 Å². The molecule has 2 aromatic heterocycles. The summed E-state index contributed by atoms with van der Waals surface area (Å²) in [4.78, 5) is 4.35. The van der Waals surface area contributed by atoms with E-state index in [0.717, 1.165) is 18.5 Å². The van der Waals surface area contributed by atoms with Crippen molar-refractivity contribution < 1.29 is 4.39 Å². The van der Waals surface area contributed by atoms with Gasteiger partial charge in [0.15, 0.2) is 0 Å². The number of hydrogen-bond donors (Lipinski definition) is 0. The van der Waals surface area contributed by atoms with Gasteiger partial charge >= 0.3 is 0 Å². The third-order valence-corrected chi connectivity index (χ3v) is 3.76. The molecule has 3 rings (SSSR count). The second kappa shape index (κ2) is 5.99. The highest BCUT2D eigenvalue weighted by Gasteiger charge is 2.13. The lowest BCUT2D eigenvalue weighted by Crippen LogP contribution is -2.07. The van der Waals surface area contributed by atoms with E-state index < -0.39 is 5.82 Å². The van der Waals surface area contributed by atoms with Gasteiger partial charge in [-0.05, 0) is 12.5 Å². The molecule has 2 heterocycles. The molecular formula is C13H12Cl2FN5. The Bertz CT molecular complexity index is 754. The highest BCUT2D eigenvalue weighted by atomic mass is 35.5. The summed E-state index contributed by atoms with van der Waals surface area (Å²) < 4.78 is 17.2. The van der Waals surface area contributed by atoms with Gasteiger partial charge in [0.1, 0.15) is 11.6 Å². The molecule has 1 aromatic carbocycles. The van der Waals surface area contributed by atoms with Gasteiger partial charge in [-0.2, -0.15) is 0 Å². The number of nitrogens with zero attached hydrogens (tertiary/aromatic N) is 5. The lowest BCUT2D eigenvalue weighted by atomic mass is 10.3. The number of rotatable bonds is 5. The first-order chi connectivity index (χ1) is 10.2. The first-order valence-corrected chi connectivity index (χ1v) is 7.34. The Morgan fingerprint density at radius 1 is 1.24 bits per heavy atom. The number of benzene rings is 1. The Balaban J connectivity index is 1.87. The van der Waals surface area contributed by atoms with E-state index in [1.54, 1.807) is 23.1 Å². The van der Waals surface area contributed by atoms with Gasteiger partial charge in [-0.15, -0.1) is 16.7 Å². The average molecular weight is 328 g/mol. The summed E-state index contributed by atoms with van der Waals surface area (Å²) in [6.07, 6.45) is 4.27. The Morgan fingerprint density at radius 3 is 2.81 bits per heavy atom. The molecule has 0 spiro atoms. The summed E-state index contributed by atoms with van der Waals surface area (Å²) in [5.41, 5.74) is 1.35. The molecule has 0 N–H and O–H groups in total. The predicted molar refractivity (Wildman–Crippen MR) is 78.9 cm³/mol. The lowest BCUT2D eigenvalue weighted by molar-refractivity contribution is 0.514. The van der Waals surface area contributed by atoms with Crippen LogP contribution in [0, 0.1) is 5.82 Å². The molecule has 0 atom stereocenters. The summed E-state index contributed by atoms with van der Waals surface area (Å²) in [6, 6.07) is 2.92. The van der Waals surface area contributed by atoms with Crippen LogP contribution in [-0.2, 0) is 19.0 Å². The van der Waals surface area contributed by atoms with Gasteiger partial charge in [0, 0.05) is 25.4 Å². The van der Waals surface area contributed by atoms with Crippen molar-refractivity contribution >= 4 is 34.2 Å². The molecule has 8 heteroatoms. The Morgan fingerprint density at radius 2 is 2.10 bits per heavy atom. The number of aryl methyl sites for hydroxylation is 2. The van der Waals surface area contributed by atoms with Crippen LogP contribution in [0.3, 0.4) is 0 Å². The maximum atomic E-state index is 13.5. The Labute approximate surface area is 130 Å². The minimum atomic E-state index is -0.474. The molecule has 0 unspecified atom stereocenters. The van der Waals surface area contributed by atoms with Gasteiger partial charge in [0.2, 0.25) is 0 Å². The van der Waals surface area contributed by atoms with Gasteiger partial charge < -0.3 is 4.57 Å². The third kappa shape index (κ3) is 2.87. The molecular weight excluding hydrogens is 316 g/mol. The zero-order valence-electron chi connectivity index (χ0n) is 11.0. The fourth-order valence-electron chi connectivity index (χ4n) is 2.26. The van der Waals surface area contributed by atoms with Gasteiger partial charge in [0.25, 0.3) is 0 Å². The lowest BCUT2D eigenvalue weighted by Gasteiger charge is -2.08. The summed E-state index contributed by atoms with van der Waals surface area (Å²) >= 11 is 11.8. The fourth-order valence-corrected chi connectivity index (χ4v) is 2.63. The van der Waals surface area contributed by atoms with E-state index in [1.807, 2.05) is 4.57 Å². The Kier molecular flexibility index (Phi) is 4.07. The molecule has 110 valence electrons. The number of alkyl halides is 1. The van der Waals surface area contributed by atoms with E-state index in [0.29, 0.717) is 17.9 Å². The average Bonchev–Trinajstić information content (AvgIpc) is 3.08. The molecule has 0 bridgehead atoms. The zero-order chi connectivity index (χ0) is 14.8. The molecule has 0 amide bonds. The standard InChI is InChI=1S/C13H12Cl2FN5/c14-8-13-18-11-7-10(16)9(15)6-12(11)21(13)4-1-3-20-5-2-17-19-20/h2,5-7H,1,3-4,8H2. The smallest absolute Gasteiger partial charge is 0.144 e. The van der Waals surface area contributed by atoms with Crippen molar-refractivity contribution in [3.05, 3.63) is 41.2 Å². The van der Waals surface area contributed by atoms with Crippen LogP contribution in [0.25, 0.3) is 11.0 Å². The van der Waals surface area contributed by atoms with Crippen LogP contribution in [0.2, 0.25) is 5.02 Å². The summed E-state index contributed by atoms with van der Waals surface area (Å²) in [7, 11) is 0. The molecule has 0 saturated heterocycles. The van der Waals surface area contributed by atoms with E-state index in [9.17, 15) is 4.39 Å². The summed E-state index contributed by atoms with van der Waals surface area (Å²) in [5.74, 6) is 0.488. The quantitative estimate of drug-likeness (QED) is 0.676. The van der Waals surface area contributed by atoms with Crippen molar-refractivity contribution in [1.29, 1.82) is 0 Å². The van der Waals surface area contributed by atoms with Gasteiger partial charge in [-0.3, -0.25) is 4.68 Å². The topological polar surface area (TPSA) is 48.5 Å². The molecule has 0 radical (unpaired) electrons. The van der Waals surface area contributed by atoms with Crippen molar-refractivity contribution in [2.45, 2.75) is 25.4 Å². The van der Waals surface area contributed by atoms with Gasteiger partial charge in [0.05, 0.1) is 28.1 Å². The SMILES string of the molecule is Fc1cc2nc(CCl)n(CCCn3ccnn3)c2cc1Cl. The van der Waals surface area contributed by atoms with Crippen LogP contribution in [0.5, 0.6) is 0 Å². The van der Waals surface area contributed by atoms with Crippen LogP contribution < -0.4 is 0 Å². The van der Waals surface area contributed by atoms with Crippen LogP contribution in [0.4, 0.5) is 4.39 Å². The number of imidazole rings is 1. The van der Waals surface area contributed by atoms with Crippen molar-refractivity contribution in [3.63, 3.8) is 0 Å². The van der Waals surface area contributed by atoms with Crippen LogP contribution in [0.15, 0.2) is 24.5 Å². The molecule has 0 aliphatic carbocycles. The van der Waals surface area contributed by atoms with Crippen LogP contribution in [-0.4, -0.2) is 24.5 Å². The monoisotopic (exact) mass is 327 g/mol. The summed E-state index contributed by atoms with van der Waals surface area (Å²) in [5, 5.41) is 7.75. The Hall–Kier alpha value is -1.66. The van der Waals surface area contributed by atoms with Crippen molar-refractivity contribution in [2.75, 3.05) is 0 Å². The predicted octanol–water partition coefficient (Wildman–Crippen LogP) is 3.25. The number of fused-ring (bicyclic) bond motifs is 1. The van der Waals surface area contributed by atoms with Gasteiger partial charge in [-0.1, -0.05) is 16.8 Å². The van der Waals surface area contributed by atoms with Crippen molar-refractivity contribution in [2.24, 2.45) is 0 Å². The number of hydrogen-bond acceptors (Lipinski definition) is 3. The highest BCUT2D eigenvalue weighted by molar-refractivity contribution is 6.31. The fraction of sp³-hybridized carbons (Fsp3) is 0.308. The van der Waals surface area contributed by atoms with E-state index >= 15 is 0 Å². The second-order valence-corrected chi connectivity index (χ2v) is 5.26.